The third kappa shape index (κ3) is 5.59. The first-order valence-corrected chi connectivity index (χ1v) is 14.1. The second kappa shape index (κ2) is 11.0. The number of pyridine rings is 2. The van der Waals surface area contributed by atoms with Crippen LogP contribution >= 0.6 is 0 Å². The van der Waals surface area contributed by atoms with Gasteiger partial charge in [-0.25, -0.2) is 9.78 Å². The number of fused-ring (bicyclic) bond motifs is 5. The van der Waals surface area contributed by atoms with E-state index in [0.29, 0.717) is 27.6 Å². The number of alkyl carbamates (subject to hydrolysis) is 1. The van der Waals surface area contributed by atoms with Crippen LogP contribution in [0.4, 0.5) is 4.79 Å². The van der Waals surface area contributed by atoms with Gasteiger partial charge in [0.15, 0.2) is 12.2 Å². The number of methoxy groups -OCH3 is 1. The number of esters is 2. The summed E-state index contributed by atoms with van der Waals surface area (Å²) in [7, 11) is 3.19. The average Bonchev–Trinajstić information content (AvgIpc) is 2.93. The first-order chi connectivity index (χ1) is 20.6. The summed E-state index contributed by atoms with van der Waals surface area (Å²) < 4.78 is 30.6. The quantitative estimate of drug-likeness (QED) is 0.197. The molecule has 0 radical (unpaired) electrons. The highest BCUT2D eigenvalue weighted by Gasteiger charge is 2.50. The van der Waals surface area contributed by atoms with Gasteiger partial charge in [-0.3, -0.25) is 14.4 Å². The van der Waals surface area contributed by atoms with Crippen molar-refractivity contribution in [2.45, 2.75) is 65.0 Å². The molecule has 0 fully saturated rings. The van der Waals surface area contributed by atoms with Gasteiger partial charge in [0.1, 0.15) is 34.9 Å². The van der Waals surface area contributed by atoms with E-state index in [1.54, 1.807) is 58.4 Å². The maximum atomic E-state index is 14.1. The smallest absolute Gasteiger partial charge is 0.408 e. The van der Waals surface area contributed by atoms with Crippen LogP contribution in [0.15, 0.2) is 41.2 Å². The summed E-state index contributed by atoms with van der Waals surface area (Å²) >= 11 is 0. The number of amides is 1. The molecule has 0 saturated carbocycles. The van der Waals surface area contributed by atoms with Crippen molar-refractivity contribution in [2.24, 2.45) is 7.05 Å². The van der Waals surface area contributed by atoms with E-state index in [4.69, 9.17) is 28.7 Å². The van der Waals surface area contributed by atoms with Crippen LogP contribution < -0.4 is 20.2 Å². The molecule has 0 aliphatic carbocycles. The summed E-state index contributed by atoms with van der Waals surface area (Å²) in [6.45, 7) is 9.17. The Morgan fingerprint density at radius 3 is 2.48 bits per heavy atom. The molecule has 2 aromatic heterocycles. The summed E-state index contributed by atoms with van der Waals surface area (Å²) in [6, 6.07) is 10.8. The Balaban J connectivity index is 1.69. The Morgan fingerprint density at radius 2 is 1.82 bits per heavy atom. The molecule has 44 heavy (non-hydrogen) atoms. The summed E-state index contributed by atoms with van der Waals surface area (Å²) in [5.41, 5.74) is -0.605. The van der Waals surface area contributed by atoms with E-state index in [1.165, 1.54) is 14.0 Å². The molecule has 0 saturated heterocycles. The SMILES string of the molecule is COc1cc2c(c3c1c(=O)c1cc4ccccc4nc1n3C)[C@@H](OC(C)=O)[C@@H](OC(=O)CNC(=O)OC(C)(C)C)C(C)(C)O2. The number of carbonyl (C=O) groups excluding carboxylic acids is 3. The molecule has 0 spiro atoms. The minimum Gasteiger partial charge on any atom is -0.496 e. The number of carbonyl (C=O) groups is 3. The zero-order chi connectivity index (χ0) is 32.1. The lowest BCUT2D eigenvalue weighted by Gasteiger charge is -2.43. The molecule has 1 N–H and O–H groups in total. The normalized spacial score (nSPS) is 17.5. The molecule has 1 amide bonds. The summed E-state index contributed by atoms with van der Waals surface area (Å²) in [4.78, 5) is 56.5. The van der Waals surface area contributed by atoms with Crippen molar-refractivity contribution in [1.29, 1.82) is 0 Å². The minimum atomic E-state index is -1.22. The lowest BCUT2D eigenvalue weighted by molar-refractivity contribution is -0.188. The number of nitrogens with one attached hydrogen (secondary N) is 1. The molecule has 0 unspecified atom stereocenters. The average molecular weight is 606 g/mol. The zero-order valence-electron chi connectivity index (χ0n) is 25.9. The van der Waals surface area contributed by atoms with Crippen molar-refractivity contribution in [1.82, 2.24) is 14.9 Å². The van der Waals surface area contributed by atoms with Gasteiger partial charge in [0, 0.05) is 25.4 Å². The minimum absolute atomic E-state index is 0.218. The lowest BCUT2D eigenvalue weighted by Crippen LogP contribution is -2.53. The molecule has 2 aromatic carbocycles. The van der Waals surface area contributed by atoms with Gasteiger partial charge in [0.2, 0.25) is 5.43 Å². The Kier molecular flexibility index (Phi) is 7.65. The van der Waals surface area contributed by atoms with E-state index in [0.717, 1.165) is 5.39 Å². The van der Waals surface area contributed by atoms with E-state index in [9.17, 15) is 19.2 Å². The molecule has 3 heterocycles. The number of aryl methyl sites for hydroxylation is 1. The highest BCUT2D eigenvalue weighted by molar-refractivity contribution is 6.01. The Morgan fingerprint density at radius 1 is 1.11 bits per heavy atom. The first kappa shape index (κ1) is 30.6. The number of benzene rings is 2. The van der Waals surface area contributed by atoms with Crippen LogP contribution in [0.2, 0.25) is 0 Å². The number of ether oxygens (including phenoxy) is 5. The van der Waals surface area contributed by atoms with Gasteiger partial charge >= 0.3 is 18.0 Å². The van der Waals surface area contributed by atoms with Crippen LogP contribution in [0.25, 0.3) is 32.8 Å². The second-order valence-electron chi connectivity index (χ2n) is 12.2. The van der Waals surface area contributed by atoms with Gasteiger partial charge in [-0.15, -0.1) is 0 Å². The van der Waals surface area contributed by atoms with Gasteiger partial charge in [-0.2, -0.15) is 0 Å². The largest absolute Gasteiger partial charge is 0.496 e. The van der Waals surface area contributed by atoms with Crippen LogP contribution in [-0.2, 0) is 30.8 Å². The fraction of sp³-hybridized carbons (Fsp3) is 0.406. The van der Waals surface area contributed by atoms with Gasteiger partial charge < -0.3 is 33.6 Å². The van der Waals surface area contributed by atoms with Crippen molar-refractivity contribution in [3.63, 3.8) is 0 Å². The van der Waals surface area contributed by atoms with Crippen LogP contribution in [0.3, 0.4) is 0 Å². The topological polar surface area (TPSA) is 144 Å². The summed E-state index contributed by atoms with van der Waals surface area (Å²) in [6.07, 6.45) is -3.18. The van der Waals surface area contributed by atoms with E-state index in [-0.39, 0.29) is 22.3 Å². The molecule has 12 heteroatoms. The van der Waals surface area contributed by atoms with Gasteiger partial charge in [-0.1, -0.05) is 18.2 Å². The lowest BCUT2D eigenvalue weighted by atomic mass is 9.86. The Labute approximate surface area is 253 Å². The molecule has 5 rings (SSSR count). The Bertz CT molecular complexity index is 1890. The van der Waals surface area contributed by atoms with Crippen LogP contribution in [-0.4, -0.2) is 58.5 Å². The van der Waals surface area contributed by atoms with Gasteiger partial charge in [0.05, 0.1) is 34.5 Å². The fourth-order valence-electron chi connectivity index (χ4n) is 5.50. The van der Waals surface area contributed by atoms with Crippen LogP contribution in [0.5, 0.6) is 11.5 Å². The zero-order valence-corrected chi connectivity index (χ0v) is 25.9. The van der Waals surface area contributed by atoms with E-state index >= 15 is 0 Å². The number of hydrogen-bond donors (Lipinski definition) is 1. The molecular formula is C32H35N3O9. The number of hydrogen-bond acceptors (Lipinski definition) is 10. The third-order valence-corrected chi connectivity index (χ3v) is 7.26. The first-order valence-electron chi connectivity index (χ1n) is 14.1. The molecule has 232 valence electrons. The number of para-hydroxylation sites is 1. The van der Waals surface area contributed by atoms with Crippen LogP contribution in [0, 0.1) is 0 Å². The molecule has 4 aromatic rings. The van der Waals surface area contributed by atoms with E-state index in [1.807, 2.05) is 24.3 Å². The molecular weight excluding hydrogens is 570 g/mol. The highest BCUT2D eigenvalue weighted by Crippen LogP contribution is 2.49. The van der Waals surface area contributed by atoms with Gasteiger partial charge in [0.25, 0.3) is 0 Å². The second-order valence-corrected chi connectivity index (χ2v) is 12.2. The number of aromatic nitrogens is 2. The predicted octanol–water partition coefficient (Wildman–Crippen LogP) is 4.46. The standard InChI is InChI=1S/C32H35N3O9/c1-16(36)41-27-24-21(43-32(5,6)28(27)42-22(37)15-33-30(39)44-31(2,3)4)14-20(40-8)23-25(24)35(7)29-18(26(23)38)13-17-11-9-10-12-19(17)34-29/h9-14,27-28H,15H2,1-8H3,(H,33,39)/t27-,28-/m1/s1. The summed E-state index contributed by atoms with van der Waals surface area (Å²) in [5.74, 6) is -0.933. The molecule has 2 atom stereocenters. The van der Waals surface area contributed by atoms with Crippen molar-refractivity contribution < 1.29 is 38.1 Å². The molecule has 0 bridgehead atoms. The van der Waals surface area contributed by atoms with Crippen molar-refractivity contribution in [3.05, 3.63) is 52.2 Å². The van der Waals surface area contributed by atoms with E-state index < -0.39 is 48.0 Å². The van der Waals surface area contributed by atoms with Crippen molar-refractivity contribution in [3.8, 4) is 11.5 Å². The molecule has 1 aliphatic rings. The fourth-order valence-corrected chi connectivity index (χ4v) is 5.50. The molecule has 1 aliphatic heterocycles. The van der Waals surface area contributed by atoms with Gasteiger partial charge in [-0.05, 0) is 46.8 Å². The predicted molar refractivity (Wildman–Crippen MR) is 162 cm³/mol. The maximum absolute atomic E-state index is 14.1. The van der Waals surface area contributed by atoms with Crippen molar-refractivity contribution >= 4 is 50.9 Å². The van der Waals surface area contributed by atoms with E-state index in [2.05, 4.69) is 5.32 Å². The molecule has 12 nitrogen and oxygen atoms in total. The number of rotatable bonds is 5. The Hall–Kier alpha value is -4.87. The third-order valence-electron chi connectivity index (χ3n) is 7.26. The maximum Gasteiger partial charge on any atom is 0.408 e. The highest BCUT2D eigenvalue weighted by atomic mass is 16.6. The summed E-state index contributed by atoms with van der Waals surface area (Å²) in [5, 5.41) is 3.75. The van der Waals surface area contributed by atoms with Crippen LogP contribution in [0.1, 0.15) is 53.2 Å². The monoisotopic (exact) mass is 605 g/mol. The van der Waals surface area contributed by atoms with Crippen molar-refractivity contribution in [2.75, 3.05) is 13.7 Å². The number of nitrogens with zero attached hydrogens (tertiary/aromatic N) is 2.